The first-order valence-corrected chi connectivity index (χ1v) is 10.6. The third-order valence-corrected chi connectivity index (χ3v) is 6.18. The van der Waals surface area contributed by atoms with E-state index in [1.54, 1.807) is 6.07 Å². The van der Waals surface area contributed by atoms with E-state index in [-0.39, 0.29) is 9.60 Å². The number of nitrogens with one attached hydrogen (secondary N) is 1. The number of rotatable bonds is 8. The van der Waals surface area contributed by atoms with Gasteiger partial charge in [-0.1, -0.05) is 37.6 Å². The van der Waals surface area contributed by atoms with Gasteiger partial charge in [-0.3, -0.25) is 14.9 Å². The minimum Gasteiger partial charge on any atom is -0.385 e. The third-order valence-electron chi connectivity index (χ3n) is 4.33. The number of nitrogens with two attached hydrogens (primary N) is 1. The van der Waals surface area contributed by atoms with Gasteiger partial charge in [0.25, 0.3) is 0 Å². The zero-order valence-corrected chi connectivity index (χ0v) is 18.0. The average Bonchev–Trinajstić information content (AvgIpc) is 3.10. The van der Waals surface area contributed by atoms with E-state index in [9.17, 15) is 14.9 Å². The van der Waals surface area contributed by atoms with Crippen molar-refractivity contribution in [2.75, 3.05) is 11.9 Å². The van der Waals surface area contributed by atoms with Gasteiger partial charge in [0.15, 0.2) is 4.60 Å². The zero-order valence-electron chi connectivity index (χ0n) is 15.6. The second-order valence-electron chi connectivity index (χ2n) is 6.32. The number of nitro groups is 1. The molecule has 9 heteroatoms. The van der Waals surface area contributed by atoms with E-state index in [4.69, 9.17) is 5.73 Å². The highest BCUT2D eigenvalue weighted by Crippen LogP contribution is 2.41. The Morgan fingerprint density at radius 3 is 2.59 bits per heavy atom. The van der Waals surface area contributed by atoms with Gasteiger partial charge in [0.2, 0.25) is 5.91 Å². The Kier molecular flexibility index (Phi) is 6.60. The van der Waals surface area contributed by atoms with Crippen molar-refractivity contribution in [2.24, 2.45) is 5.73 Å². The fraction of sp³-hybridized carbons (Fsp3) is 0.200. The lowest BCUT2D eigenvalue weighted by atomic mass is 9.94. The summed E-state index contributed by atoms with van der Waals surface area (Å²) in [6.45, 7) is 2.93. The quantitative estimate of drug-likeness (QED) is 0.255. The lowest BCUT2D eigenvalue weighted by Gasteiger charge is -2.14. The summed E-state index contributed by atoms with van der Waals surface area (Å²) in [5, 5.41) is 15.0. The standard InChI is InChI=1S/C20H19BrN4O3S/c1-2-3-10-23-12-8-9-14(18(22)26)16(11-12)13-6-4-5-7-15(13)19-24-17(21)20(29-19)25(27)28/h4-9,11,23H,2-3,10H2,1H3,(H2,22,26). The van der Waals surface area contributed by atoms with Crippen molar-refractivity contribution in [1.82, 2.24) is 4.98 Å². The highest BCUT2D eigenvalue weighted by atomic mass is 79.9. The van der Waals surface area contributed by atoms with Gasteiger partial charge in [0.1, 0.15) is 5.01 Å². The van der Waals surface area contributed by atoms with Gasteiger partial charge in [-0.2, -0.15) is 0 Å². The van der Waals surface area contributed by atoms with E-state index < -0.39 is 10.8 Å². The molecule has 0 bridgehead atoms. The van der Waals surface area contributed by atoms with Crippen LogP contribution in [0.1, 0.15) is 30.1 Å². The minimum atomic E-state index is -0.541. The smallest absolute Gasteiger partial charge is 0.358 e. The lowest BCUT2D eigenvalue weighted by Crippen LogP contribution is -2.13. The maximum atomic E-state index is 12.1. The molecule has 1 amide bonds. The summed E-state index contributed by atoms with van der Waals surface area (Å²) in [6, 6.07) is 12.8. The number of halogens is 1. The van der Waals surface area contributed by atoms with Crippen LogP contribution in [0, 0.1) is 10.1 Å². The number of nitrogens with zero attached hydrogens (tertiary/aromatic N) is 2. The van der Waals surface area contributed by atoms with Crippen LogP contribution in [-0.2, 0) is 0 Å². The molecule has 29 heavy (non-hydrogen) atoms. The third kappa shape index (κ3) is 4.63. The number of hydrogen-bond donors (Lipinski definition) is 2. The summed E-state index contributed by atoms with van der Waals surface area (Å²) in [5.41, 5.74) is 8.95. The van der Waals surface area contributed by atoms with Crippen molar-refractivity contribution in [1.29, 1.82) is 0 Å². The number of benzene rings is 2. The van der Waals surface area contributed by atoms with Crippen LogP contribution in [-0.4, -0.2) is 22.4 Å². The molecule has 0 fully saturated rings. The molecule has 0 saturated heterocycles. The number of hydrogen-bond acceptors (Lipinski definition) is 6. The van der Waals surface area contributed by atoms with E-state index in [0.29, 0.717) is 21.7 Å². The second kappa shape index (κ2) is 9.15. The van der Waals surface area contributed by atoms with Gasteiger partial charge in [0, 0.05) is 23.4 Å². The Bertz CT molecular complexity index is 1070. The highest BCUT2D eigenvalue weighted by molar-refractivity contribution is 9.10. The predicted octanol–water partition coefficient (Wildman–Crippen LogP) is 5.46. The Morgan fingerprint density at radius 2 is 1.97 bits per heavy atom. The lowest BCUT2D eigenvalue weighted by molar-refractivity contribution is -0.381. The van der Waals surface area contributed by atoms with E-state index in [0.717, 1.165) is 42.0 Å². The molecule has 0 radical (unpaired) electrons. The molecule has 0 aliphatic heterocycles. The molecular weight excluding hydrogens is 456 g/mol. The van der Waals surface area contributed by atoms with Gasteiger partial charge in [-0.15, -0.1) is 0 Å². The summed E-state index contributed by atoms with van der Waals surface area (Å²) in [7, 11) is 0. The predicted molar refractivity (Wildman–Crippen MR) is 119 cm³/mol. The molecule has 0 saturated carbocycles. The number of carbonyl (C=O) groups excluding carboxylic acids is 1. The van der Waals surface area contributed by atoms with E-state index in [1.165, 1.54) is 0 Å². The summed E-state index contributed by atoms with van der Waals surface area (Å²) < 4.78 is 0.183. The number of thiazole rings is 1. The van der Waals surface area contributed by atoms with Crippen molar-refractivity contribution in [3.8, 4) is 21.7 Å². The number of aromatic nitrogens is 1. The van der Waals surface area contributed by atoms with E-state index in [1.807, 2.05) is 36.4 Å². The number of unbranched alkanes of at least 4 members (excludes halogenated alkanes) is 1. The monoisotopic (exact) mass is 474 g/mol. The summed E-state index contributed by atoms with van der Waals surface area (Å²) in [6.07, 6.45) is 2.10. The van der Waals surface area contributed by atoms with Crippen LogP contribution in [0.5, 0.6) is 0 Å². The van der Waals surface area contributed by atoms with Crippen molar-refractivity contribution >= 4 is 43.9 Å². The first kappa shape index (κ1) is 20.9. The molecule has 1 aromatic heterocycles. The van der Waals surface area contributed by atoms with Gasteiger partial charge >= 0.3 is 5.00 Å². The Labute approximate surface area is 180 Å². The molecule has 0 atom stereocenters. The topological polar surface area (TPSA) is 111 Å². The molecular formula is C20H19BrN4O3S. The fourth-order valence-corrected chi connectivity index (χ4v) is 4.42. The molecule has 1 heterocycles. The molecule has 2 aromatic carbocycles. The largest absolute Gasteiger partial charge is 0.385 e. The number of anilines is 1. The van der Waals surface area contributed by atoms with Gasteiger partial charge in [-0.25, -0.2) is 4.98 Å². The summed E-state index contributed by atoms with van der Waals surface area (Å²) in [4.78, 5) is 27.1. The maximum absolute atomic E-state index is 12.1. The van der Waals surface area contributed by atoms with Gasteiger partial charge < -0.3 is 11.1 Å². The highest BCUT2D eigenvalue weighted by Gasteiger charge is 2.23. The molecule has 3 rings (SSSR count). The molecule has 3 N–H and O–H groups in total. The van der Waals surface area contributed by atoms with Crippen LogP contribution >= 0.6 is 27.3 Å². The SMILES string of the molecule is CCCCNc1ccc(C(N)=O)c(-c2ccccc2-c2nc(Br)c([N+](=O)[O-])s2)c1. The van der Waals surface area contributed by atoms with Crippen LogP contribution in [0.25, 0.3) is 21.7 Å². The molecule has 0 aliphatic rings. The van der Waals surface area contributed by atoms with Crippen molar-refractivity contribution < 1.29 is 9.72 Å². The number of primary amides is 1. The van der Waals surface area contributed by atoms with Crippen molar-refractivity contribution in [3.05, 3.63) is 62.7 Å². The minimum absolute atomic E-state index is 0.0695. The average molecular weight is 475 g/mol. The molecule has 0 aliphatic carbocycles. The molecule has 3 aromatic rings. The summed E-state index contributed by atoms with van der Waals surface area (Å²) >= 11 is 4.13. The van der Waals surface area contributed by atoms with Crippen molar-refractivity contribution in [3.63, 3.8) is 0 Å². The maximum Gasteiger partial charge on any atom is 0.358 e. The van der Waals surface area contributed by atoms with Gasteiger partial charge in [0.05, 0.1) is 4.92 Å². The van der Waals surface area contributed by atoms with E-state index in [2.05, 4.69) is 33.2 Å². The van der Waals surface area contributed by atoms with Crippen LogP contribution in [0.2, 0.25) is 0 Å². The Morgan fingerprint density at radius 1 is 1.24 bits per heavy atom. The molecule has 0 unspecified atom stereocenters. The van der Waals surface area contributed by atoms with Crippen LogP contribution in [0.3, 0.4) is 0 Å². The summed E-state index contributed by atoms with van der Waals surface area (Å²) in [5.74, 6) is -0.541. The molecule has 0 spiro atoms. The van der Waals surface area contributed by atoms with Crippen LogP contribution < -0.4 is 11.1 Å². The Hall–Kier alpha value is -2.78. The fourth-order valence-electron chi connectivity index (χ4n) is 2.93. The number of amides is 1. The van der Waals surface area contributed by atoms with Crippen LogP contribution in [0.4, 0.5) is 10.7 Å². The first-order valence-electron chi connectivity index (χ1n) is 9.00. The normalized spacial score (nSPS) is 10.7. The van der Waals surface area contributed by atoms with Gasteiger partial charge in [-0.05, 0) is 63.0 Å². The zero-order chi connectivity index (χ0) is 21.0. The number of carbonyl (C=O) groups is 1. The Balaban J connectivity index is 2.13. The van der Waals surface area contributed by atoms with E-state index >= 15 is 0 Å². The molecule has 7 nitrogen and oxygen atoms in total. The van der Waals surface area contributed by atoms with Crippen molar-refractivity contribution in [2.45, 2.75) is 19.8 Å². The first-order chi connectivity index (χ1) is 13.9. The van der Waals surface area contributed by atoms with Crippen LogP contribution in [0.15, 0.2) is 47.1 Å². The molecule has 150 valence electrons. The second-order valence-corrected chi connectivity index (χ2v) is 8.05.